The summed E-state index contributed by atoms with van der Waals surface area (Å²) in [6.07, 6.45) is 1.04. The Morgan fingerprint density at radius 2 is 2.15 bits per heavy atom. The molecule has 0 atom stereocenters. The van der Waals surface area contributed by atoms with Crippen LogP contribution in [0.1, 0.15) is 13.3 Å². The van der Waals surface area contributed by atoms with Crippen LogP contribution in [0.25, 0.3) is 0 Å². The van der Waals surface area contributed by atoms with Crippen molar-refractivity contribution in [3.05, 3.63) is 28.7 Å². The minimum atomic E-state index is 0.178. The summed E-state index contributed by atoms with van der Waals surface area (Å²) in [7, 11) is 0. The fourth-order valence-corrected chi connectivity index (χ4v) is 2.74. The molecule has 1 heterocycles. The van der Waals surface area contributed by atoms with Crippen LogP contribution in [0.5, 0.6) is 5.75 Å². The van der Waals surface area contributed by atoms with E-state index < -0.39 is 0 Å². The molecule has 1 saturated heterocycles. The first-order chi connectivity index (χ1) is 9.65. The monoisotopic (exact) mass is 340 g/mol. The van der Waals surface area contributed by atoms with Crippen molar-refractivity contribution in [1.29, 1.82) is 0 Å². The first-order valence-corrected chi connectivity index (χ1v) is 7.81. The number of amides is 1. The molecule has 1 aliphatic rings. The third-order valence-corrected chi connectivity index (χ3v) is 4.00. The van der Waals surface area contributed by atoms with Gasteiger partial charge in [-0.1, -0.05) is 22.0 Å². The molecule has 1 fully saturated rings. The molecule has 2 rings (SSSR count). The van der Waals surface area contributed by atoms with Gasteiger partial charge < -0.3 is 9.64 Å². The van der Waals surface area contributed by atoms with E-state index in [4.69, 9.17) is 4.74 Å². The number of carbonyl (C=O) groups is 1. The van der Waals surface area contributed by atoms with Gasteiger partial charge >= 0.3 is 0 Å². The van der Waals surface area contributed by atoms with E-state index in [1.165, 1.54) is 0 Å². The van der Waals surface area contributed by atoms with Gasteiger partial charge in [-0.15, -0.1) is 0 Å². The normalized spacial score (nSPS) is 16.8. The van der Waals surface area contributed by atoms with E-state index in [1.54, 1.807) is 6.92 Å². The van der Waals surface area contributed by atoms with Crippen LogP contribution in [-0.2, 0) is 4.79 Å². The molecule has 0 saturated carbocycles. The zero-order chi connectivity index (χ0) is 14.4. The quantitative estimate of drug-likeness (QED) is 0.843. The van der Waals surface area contributed by atoms with Gasteiger partial charge in [0.15, 0.2) is 0 Å². The van der Waals surface area contributed by atoms with Crippen molar-refractivity contribution in [1.82, 2.24) is 9.80 Å². The Kier molecular flexibility index (Phi) is 5.86. The summed E-state index contributed by atoms with van der Waals surface area (Å²) in [5.74, 6) is 1.07. The fraction of sp³-hybridized carbons (Fsp3) is 0.533. The predicted octanol–water partition coefficient (Wildman–Crippen LogP) is 2.38. The van der Waals surface area contributed by atoms with E-state index in [9.17, 15) is 4.79 Å². The molecule has 1 aromatic rings. The number of nitrogens with zero attached hydrogens (tertiary/aromatic N) is 2. The average Bonchev–Trinajstić information content (AvgIpc) is 2.64. The average molecular weight is 341 g/mol. The van der Waals surface area contributed by atoms with E-state index >= 15 is 0 Å². The maximum absolute atomic E-state index is 11.4. The Bertz CT molecular complexity index is 453. The first-order valence-electron chi connectivity index (χ1n) is 7.01. The van der Waals surface area contributed by atoms with Gasteiger partial charge in [-0.3, -0.25) is 9.69 Å². The number of halogens is 1. The highest BCUT2D eigenvalue weighted by atomic mass is 79.9. The van der Waals surface area contributed by atoms with Crippen LogP contribution in [0.2, 0.25) is 0 Å². The minimum Gasteiger partial charge on any atom is -0.492 e. The molecule has 0 spiro atoms. The van der Waals surface area contributed by atoms with Gasteiger partial charge in [-0.05, 0) is 24.6 Å². The lowest BCUT2D eigenvalue weighted by Gasteiger charge is -2.21. The number of benzene rings is 1. The van der Waals surface area contributed by atoms with Crippen LogP contribution >= 0.6 is 15.9 Å². The third kappa shape index (κ3) is 4.80. The van der Waals surface area contributed by atoms with E-state index in [-0.39, 0.29) is 5.91 Å². The number of rotatable bonds is 4. The van der Waals surface area contributed by atoms with Crippen molar-refractivity contribution >= 4 is 21.8 Å². The Labute approximate surface area is 128 Å². The summed E-state index contributed by atoms with van der Waals surface area (Å²) < 4.78 is 6.78. The molecular weight excluding hydrogens is 320 g/mol. The maximum Gasteiger partial charge on any atom is 0.219 e. The second-order valence-electron chi connectivity index (χ2n) is 5.01. The lowest BCUT2D eigenvalue weighted by Crippen LogP contribution is -2.35. The Hall–Kier alpha value is -1.07. The van der Waals surface area contributed by atoms with Gasteiger partial charge in [0.1, 0.15) is 12.4 Å². The van der Waals surface area contributed by atoms with E-state index in [0.717, 1.165) is 49.4 Å². The van der Waals surface area contributed by atoms with E-state index in [1.807, 2.05) is 29.2 Å². The molecule has 20 heavy (non-hydrogen) atoms. The molecule has 110 valence electrons. The molecule has 0 bridgehead atoms. The summed E-state index contributed by atoms with van der Waals surface area (Å²) in [4.78, 5) is 15.7. The van der Waals surface area contributed by atoms with Gasteiger partial charge in [0, 0.05) is 44.1 Å². The molecule has 1 amide bonds. The number of hydrogen-bond acceptors (Lipinski definition) is 3. The van der Waals surface area contributed by atoms with Crippen molar-refractivity contribution in [3.8, 4) is 5.75 Å². The lowest BCUT2D eigenvalue weighted by molar-refractivity contribution is -0.128. The molecule has 4 nitrogen and oxygen atoms in total. The van der Waals surface area contributed by atoms with Gasteiger partial charge in [-0.2, -0.15) is 0 Å². The highest BCUT2D eigenvalue weighted by molar-refractivity contribution is 9.10. The molecule has 0 aliphatic carbocycles. The summed E-state index contributed by atoms with van der Waals surface area (Å²) in [6, 6.07) is 7.89. The molecule has 0 unspecified atom stereocenters. The van der Waals surface area contributed by atoms with Crippen LogP contribution < -0.4 is 4.74 Å². The number of ether oxygens (including phenoxy) is 1. The second-order valence-corrected chi connectivity index (χ2v) is 5.92. The molecule has 0 radical (unpaired) electrons. The Morgan fingerprint density at radius 1 is 1.30 bits per heavy atom. The van der Waals surface area contributed by atoms with Crippen LogP contribution in [0, 0.1) is 0 Å². The SMILES string of the molecule is CC(=O)N1CCCN(CCOc2cccc(Br)c2)CC1. The molecule has 1 aromatic carbocycles. The summed E-state index contributed by atoms with van der Waals surface area (Å²) in [5.41, 5.74) is 0. The molecule has 0 aromatic heterocycles. The standard InChI is InChI=1S/C15H21BrN2O2/c1-13(19)18-7-3-6-17(8-9-18)10-11-20-15-5-2-4-14(16)12-15/h2,4-5,12H,3,6-11H2,1H3. The highest BCUT2D eigenvalue weighted by Crippen LogP contribution is 2.17. The van der Waals surface area contributed by atoms with Gasteiger partial charge in [0.2, 0.25) is 5.91 Å². The van der Waals surface area contributed by atoms with Gasteiger partial charge in [0.25, 0.3) is 0 Å². The zero-order valence-corrected chi connectivity index (χ0v) is 13.4. The smallest absolute Gasteiger partial charge is 0.219 e. The molecule has 5 heteroatoms. The molecule has 1 aliphatic heterocycles. The number of hydrogen-bond donors (Lipinski definition) is 0. The third-order valence-electron chi connectivity index (χ3n) is 3.51. The van der Waals surface area contributed by atoms with Crippen molar-refractivity contribution in [2.24, 2.45) is 0 Å². The number of carbonyl (C=O) groups excluding carboxylic acids is 1. The van der Waals surface area contributed by atoms with Crippen molar-refractivity contribution in [2.45, 2.75) is 13.3 Å². The topological polar surface area (TPSA) is 32.8 Å². The van der Waals surface area contributed by atoms with Crippen LogP contribution in [0.4, 0.5) is 0 Å². The van der Waals surface area contributed by atoms with E-state index in [0.29, 0.717) is 6.61 Å². The zero-order valence-electron chi connectivity index (χ0n) is 11.8. The van der Waals surface area contributed by atoms with Crippen LogP contribution in [0.3, 0.4) is 0 Å². The van der Waals surface area contributed by atoms with Crippen molar-refractivity contribution in [3.63, 3.8) is 0 Å². The summed E-state index contributed by atoms with van der Waals surface area (Å²) in [5, 5.41) is 0. The first kappa shape index (κ1) is 15.3. The van der Waals surface area contributed by atoms with Crippen molar-refractivity contribution in [2.75, 3.05) is 39.3 Å². The largest absolute Gasteiger partial charge is 0.492 e. The molecular formula is C15H21BrN2O2. The van der Waals surface area contributed by atoms with Crippen LogP contribution in [-0.4, -0.2) is 55.0 Å². The Balaban J connectivity index is 1.73. The minimum absolute atomic E-state index is 0.178. The predicted molar refractivity (Wildman–Crippen MR) is 82.9 cm³/mol. The van der Waals surface area contributed by atoms with Gasteiger partial charge in [0.05, 0.1) is 0 Å². The Morgan fingerprint density at radius 3 is 2.90 bits per heavy atom. The second kappa shape index (κ2) is 7.64. The van der Waals surface area contributed by atoms with Crippen molar-refractivity contribution < 1.29 is 9.53 Å². The van der Waals surface area contributed by atoms with E-state index in [2.05, 4.69) is 20.8 Å². The lowest BCUT2D eigenvalue weighted by atomic mass is 10.3. The van der Waals surface area contributed by atoms with Crippen LogP contribution in [0.15, 0.2) is 28.7 Å². The molecule has 0 N–H and O–H groups in total. The summed E-state index contributed by atoms with van der Waals surface area (Å²) in [6.45, 7) is 6.89. The summed E-state index contributed by atoms with van der Waals surface area (Å²) >= 11 is 3.43. The fourth-order valence-electron chi connectivity index (χ4n) is 2.36. The van der Waals surface area contributed by atoms with Gasteiger partial charge in [-0.25, -0.2) is 0 Å². The highest BCUT2D eigenvalue weighted by Gasteiger charge is 2.16. The maximum atomic E-state index is 11.4.